The molecule has 0 aromatic heterocycles. The fourth-order valence-corrected chi connectivity index (χ4v) is 1.32. The van der Waals surface area contributed by atoms with Crippen LogP contribution in [0.4, 0.5) is 0 Å². The van der Waals surface area contributed by atoms with E-state index in [1.54, 1.807) is 0 Å². The van der Waals surface area contributed by atoms with Gasteiger partial charge in [0.1, 0.15) is 0 Å². The van der Waals surface area contributed by atoms with Gasteiger partial charge in [0.2, 0.25) is 0 Å². The van der Waals surface area contributed by atoms with E-state index in [9.17, 15) is 0 Å². The average molecular weight is 231 g/mol. The molecule has 0 aliphatic carbocycles. The van der Waals surface area contributed by atoms with E-state index in [1.807, 2.05) is 0 Å². The number of ether oxygens (including phenoxy) is 2. The molecular formula is C13H29NO2. The summed E-state index contributed by atoms with van der Waals surface area (Å²) in [5, 5.41) is 3.44. The van der Waals surface area contributed by atoms with Gasteiger partial charge in [0.05, 0.1) is 13.2 Å². The first-order valence-corrected chi connectivity index (χ1v) is 6.70. The summed E-state index contributed by atoms with van der Waals surface area (Å²) in [7, 11) is 0. The summed E-state index contributed by atoms with van der Waals surface area (Å²) in [6.07, 6.45) is 4.62. The maximum Gasteiger partial charge on any atom is 0.0700 e. The second-order valence-corrected chi connectivity index (χ2v) is 4.22. The summed E-state index contributed by atoms with van der Waals surface area (Å²) in [5.41, 5.74) is 0. The van der Waals surface area contributed by atoms with Crippen LogP contribution in [0.1, 0.15) is 46.5 Å². The Labute approximate surface area is 101 Å². The number of nitrogens with one attached hydrogen (secondary N) is 1. The zero-order valence-electron chi connectivity index (χ0n) is 11.3. The lowest BCUT2D eigenvalue weighted by Gasteiger charge is -2.13. The van der Waals surface area contributed by atoms with Crippen molar-refractivity contribution in [3.63, 3.8) is 0 Å². The second-order valence-electron chi connectivity index (χ2n) is 4.22. The quantitative estimate of drug-likeness (QED) is 0.524. The molecule has 0 rings (SSSR count). The molecule has 0 aromatic carbocycles. The predicted octanol–water partition coefficient (Wildman–Crippen LogP) is 2.60. The lowest BCUT2D eigenvalue weighted by molar-refractivity contribution is 0.0438. The van der Waals surface area contributed by atoms with E-state index in [2.05, 4.69) is 26.1 Å². The Morgan fingerprint density at radius 2 is 1.62 bits per heavy atom. The van der Waals surface area contributed by atoms with Crippen molar-refractivity contribution in [3.8, 4) is 0 Å². The van der Waals surface area contributed by atoms with Crippen molar-refractivity contribution < 1.29 is 9.47 Å². The molecule has 0 aliphatic rings. The summed E-state index contributed by atoms with van der Waals surface area (Å²) < 4.78 is 10.9. The molecule has 0 heterocycles. The van der Waals surface area contributed by atoms with Crippen LogP contribution >= 0.6 is 0 Å². The lowest BCUT2D eigenvalue weighted by Crippen LogP contribution is -2.28. The molecule has 3 nitrogen and oxygen atoms in total. The minimum Gasteiger partial charge on any atom is -0.379 e. The SMILES string of the molecule is CCCCOCCOCCC(C)NCCC. The molecule has 98 valence electrons. The first-order chi connectivity index (χ1) is 7.81. The molecule has 3 heteroatoms. The fraction of sp³-hybridized carbons (Fsp3) is 1.00. The van der Waals surface area contributed by atoms with E-state index in [-0.39, 0.29) is 0 Å². The molecule has 0 spiro atoms. The van der Waals surface area contributed by atoms with Crippen molar-refractivity contribution in [2.24, 2.45) is 0 Å². The molecule has 0 aromatic rings. The molecule has 0 amide bonds. The van der Waals surface area contributed by atoms with Crippen molar-refractivity contribution >= 4 is 0 Å². The van der Waals surface area contributed by atoms with Crippen LogP contribution in [0.5, 0.6) is 0 Å². The van der Waals surface area contributed by atoms with Crippen molar-refractivity contribution in [3.05, 3.63) is 0 Å². The van der Waals surface area contributed by atoms with Gasteiger partial charge in [-0.25, -0.2) is 0 Å². The fourth-order valence-electron chi connectivity index (χ4n) is 1.32. The third-order valence-electron chi connectivity index (χ3n) is 2.45. The average Bonchev–Trinajstić information content (AvgIpc) is 2.30. The molecule has 0 bridgehead atoms. The van der Waals surface area contributed by atoms with Crippen LogP contribution in [-0.2, 0) is 9.47 Å². The van der Waals surface area contributed by atoms with Gasteiger partial charge < -0.3 is 14.8 Å². The van der Waals surface area contributed by atoms with Gasteiger partial charge in [-0.15, -0.1) is 0 Å². The summed E-state index contributed by atoms with van der Waals surface area (Å²) in [4.78, 5) is 0. The van der Waals surface area contributed by atoms with E-state index in [1.165, 1.54) is 12.8 Å². The predicted molar refractivity (Wildman–Crippen MR) is 68.9 cm³/mol. The van der Waals surface area contributed by atoms with Crippen LogP contribution in [0, 0.1) is 0 Å². The van der Waals surface area contributed by atoms with E-state index in [0.717, 1.165) is 45.8 Å². The Kier molecular flexibility index (Phi) is 12.9. The second kappa shape index (κ2) is 12.9. The van der Waals surface area contributed by atoms with Crippen LogP contribution in [0.15, 0.2) is 0 Å². The Bertz CT molecular complexity index is 131. The Morgan fingerprint density at radius 1 is 0.938 bits per heavy atom. The summed E-state index contributed by atoms with van der Waals surface area (Å²) in [6.45, 7) is 10.8. The molecule has 1 atom stereocenters. The van der Waals surface area contributed by atoms with Crippen molar-refractivity contribution in [2.45, 2.75) is 52.5 Å². The standard InChI is InChI=1S/C13H29NO2/c1-4-6-9-15-11-12-16-10-7-13(3)14-8-5-2/h13-14H,4-12H2,1-3H3. The highest BCUT2D eigenvalue weighted by atomic mass is 16.5. The zero-order valence-corrected chi connectivity index (χ0v) is 11.3. The zero-order chi connectivity index (χ0) is 12.1. The van der Waals surface area contributed by atoms with Gasteiger partial charge >= 0.3 is 0 Å². The van der Waals surface area contributed by atoms with E-state index < -0.39 is 0 Å². The molecule has 0 aliphatic heterocycles. The first kappa shape index (κ1) is 15.9. The smallest absolute Gasteiger partial charge is 0.0700 e. The third-order valence-corrected chi connectivity index (χ3v) is 2.45. The number of hydrogen-bond donors (Lipinski definition) is 1. The largest absolute Gasteiger partial charge is 0.379 e. The van der Waals surface area contributed by atoms with E-state index >= 15 is 0 Å². The molecule has 0 radical (unpaired) electrons. The molecule has 1 N–H and O–H groups in total. The highest BCUT2D eigenvalue weighted by molar-refractivity contribution is 4.58. The van der Waals surface area contributed by atoms with Crippen molar-refractivity contribution in [1.82, 2.24) is 5.32 Å². The highest BCUT2D eigenvalue weighted by Crippen LogP contribution is 1.93. The number of unbranched alkanes of at least 4 members (excludes halogenated alkanes) is 1. The van der Waals surface area contributed by atoms with Crippen molar-refractivity contribution in [1.29, 1.82) is 0 Å². The lowest BCUT2D eigenvalue weighted by atomic mass is 10.2. The number of rotatable bonds is 12. The molecule has 0 saturated carbocycles. The Balaban J connectivity index is 3.02. The summed E-state index contributed by atoms with van der Waals surface area (Å²) in [6, 6.07) is 0.556. The Hall–Kier alpha value is -0.120. The van der Waals surface area contributed by atoms with E-state index in [0.29, 0.717) is 6.04 Å². The maximum absolute atomic E-state index is 5.50. The summed E-state index contributed by atoms with van der Waals surface area (Å²) >= 11 is 0. The molecule has 0 saturated heterocycles. The van der Waals surface area contributed by atoms with E-state index in [4.69, 9.17) is 9.47 Å². The van der Waals surface area contributed by atoms with Gasteiger partial charge in [-0.1, -0.05) is 20.3 Å². The van der Waals surface area contributed by atoms with Crippen LogP contribution in [0.3, 0.4) is 0 Å². The van der Waals surface area contributed by atoms with Gasteiger partial charge in [0.25, 0.3) is 0 Å². The van der Waals surface area contributed by atoms with Gasteiger partial charge in [-0.3, -0.25) is 0 Å². The van der Waals surface area contributed by atoms with Crippen LogP contribution in [0.2, 0.25) is 0 Å². The molecule has 16 heavy (non-hydrogen) atoms. The van der Waals surface area contributed by atoms with Crippen LogP contribution < -0.4 is 5.32 Å². The normalized spacial score (nSPS) is 12.9. The third kappa shape index (κ3) is 12.0. The van der Waals surface area contributed by atoms with Gasteiger partial charge in [-0.2, -0.15) is 0 Å². The first-order valence-electron chi connectivity index (χ1n) is 6.70. The van der Waals surface area contributed by atoms with Gasteiger partial charge in [0.15, 0.2) is 0 Å². The molecular weight excluding hydrogens is 202 g/mol. The topological polar surface area (TPSA) is 30.5 Å². The molecule has 0 fully saturated rings. The maximum atomic E-state index is 5.50. The van der Waals surface area contributed by atoms with Crippen molar-refractivity contribution in [2.75, 3.05) is 33.0 Å². The van der Waals surface area contributed by atoms with Crippen LogP contribution in [-0.4, -0.2) is 39.0 Å². The van der Waals surface area contributed by atoms with Gasteiger partial charge in [0, 0.05) is 19.3 Å². The number of hydrogen-bond acceptors (Lipinski definition) is 3. The highest BCUT2D eigenvalue weighted by Gasteiger charge is 1.99. The minimum absolute atomic E-state index is 0.556. The molecule has 1 unspecified atom stereocenters. The Morgan fingerprint density at radius 3 is 2.25 bits per heavy atom. The minimum atomic E-state index is 0.556. The van der Waals surface area contributed by atoms with Gasteiger partial charge in [-0.05, 0) is 32.7 Å². The monoisotopic (exact) mass is 231 g/mol. The summed E-state index contributed by atoms with van der Waals surface area (Å²) in [5.74, 6) is 0. The van der Waals surface area contributed by atoms with Crippen LogP contribution in [0.25, 0.3) is 0 Å².